The van der Waals surface area contributed by atoms with E-state index in [1.807, 2.05) is 6.92 Å². The summed E-state index contributed by atoms with van der Waals surface area (Å²) >= 11 is 3.36. The van der Waals surface area contributed by atoms with E-state index < -0.39 is 32.9 Å². The molecule has 142 valence electrons. The van der Waals surface area contributed by atoms with Crippen molar-refractivity contribution in [3.63, 3.8) is 0 Å². The standard InChI is InChI=1S/C17H12BrF3N2O3S/c1-8-2-3-10(6-11(8)18)15-14(16(17(20)21)26-23-15)9-4-5-13(12(19)7-9)27(22,24)25/h2-7,17H,1H3,(H2,22,24,25). The highest BCUT2D eigenvalue weighted by molar-refractivity contribution is 9.10. The number of hydrogen-bond acceptors (Lipinski definition) is 4. The molecule has 0 amide bonds. The molecule has 0 aliphatic heterocycles. The molecule has 3 rings (SSSR count). The number of aromatic nitrogens is 1. The van der Waals surface area contributed by atoms with Gasteiger partial charge in [0.25, 0.3) is 6.43 Å². The molecule has 2 N–H and O–H groups in total. The van der Waals surface area contributed by atoms with E-state index in [-0.39, 0.29) is 16.8 Å². The molecule has 2 aromatic carbocycles. The molecule has 0 unspecified atom stereocenters. The zero-order valence-electron chi connectivity index (χ0n) is 13.7. The van der Waals surface area contributed by atoms with Gasteiger partial charge < -0.3 is 4.52 Å². The number of rotatable bonds is 4. The molecule has 1 heterocycles. The maximum Gasteiger partial charge on any atom is 0.298 e. The van der Waals surface area contributed by atoms with E-state index in [2.05, 4.69) is 21.1 Å². The third-order valence-electron chi connectivity index (χ3n) is 3.89. The lowest BCUT2D eigenvalue weighted by Gasteiger charge is -2.08. The first-order valence-corrected chi connectivity index (χ1v) is 9.80. The minimum absolute atomic E-state index is 0.0110. The fraction of sp³-hybridized carbons (Fsp3) is 0.118. The molecule has 0 fully saturated rings. The van der Waals surface area contributed by atoms with E-state index >= 15 is 0 Å². The first kappa shape index (κ1) is 19.6. The second-order valence-electron chi connectivity index (χ2n) is 5.73. The summed E-state index contributed by atoms with van der Waals surface area (Å²) in [5.41, 5.74) is 1.33. The van der Waals surface area contributed by atoms with Crippen LogP contribution >= 0.6 is 15.9 Å². The van der Waals surface area contributed by atoms with Crippen LogP contribution in [0.5, 0.6) is 0 Å². The Morgan fingerprint density at radius 3 is 2.37 bits per heavy atom. The zero-order valence-corrected chi connectivity index (χ0v) is 16.1. The molecule has 0 spiro atoms. The molecule has 3 aromatic rings. The lowest BCUT2D eigenvalue weighted by molar-refractivity contribution is 0.113. The molecular weight excluding hydrogens is 449 g/mol. The van der Waals surface area contributed by atoms with Crippen LogP contribution in [0.3, 0.4) is 0 Å². The maximum absolute atomic E-state index is 14.2. The largest absolute Gasteiger partial charge is 0.354 e. The van der Waals surface area contributed by atoms with Crippen molar-refractivity contribution in [2.45, 2.75) is 18.2 Å². The molecule has 10 heteroatoms. The lowest BCUT2D eigenvalue weighted by Crippen LogP contribution is -2.14. The van der Waals surface area contributed by atoms with Gasteiger partial charge in [0.1, 0.15) is 16.4 Å². The summed E-state index contributed by atoms with van der Waals surface area (Å²) in [5.74, 6) is -1.91. The SMILES string of the molecule is Cc1ccc(-c2noc(C(F)F)c2-c2ccc(S(N)(=O)=O)c(F)c2)cc1Br. The molecule has 27 heavy (non-hydrogen) atoms. The molecule has 0 saturated heterocycles. The number of benzene rings is 2. The van der Waals surface area contributed by atoms with Gasteiger partial charge in [-0.3, -0.25) is 0 Å². The maximum atomic E-state index is 14.2. The van der Waals surface area contributed by atoms with Gasteiger partial charge in [0.05, 0.1) is 5.56 Å². The third-order valence-corrected chi connectivity index (χ3v) is 5.69. The van der Waals surface area contributed by atoms with Gasteiger partial charge >= 0.3 is 0 Å². The van der Waals surface area contributed by atoms with Crippen LogP contribution in [0.1, 0.15) is 17.7 Å². The number of primary sulfonamides is 1. The normalized spacial score (nSPS) is 12.0. The monoisotopic (exact) mass is 460 g/mol. The van der Waals surface area contributed by atoms with Gasteiger partial charge in [0.15, 0.2) is 0 Å². The first-order chi connectivity index (χ1) is 12.6. The highest BCUT2D eigenvalue weighted by Crippen LogP contribution is 2.40. The van der Waals surface area contributed by atoms with Gasteiger partial charge in [0, 0.05) is 10.0 Å². The van der Waals surface area contributed by atoms with Gasteiger partial charge in [-0.05, 0) is 36.2 Å². The Morgan fingerprint density at radius 1 is 1.15 bits per heavy atom. The summed E-state index contributed by atoms with van der Waals surface area (Å²) in [6, 6.07) is 7.98. The zero-order chi connectivity index (χ0) is 19.9. The fourth-order valence-electron chi connectivity index (χ4n) is 2.56. The van der Waals surface area contributed by atoms with Gasteiger partial charge in [-0.25, -0.2) is 26.7 Å². The van der Waals surface area contributed by atoms with E-state index in [0.717, 1.165) is 22.2 Å². The highest BCUT2D eigenvalue weighted by Gasteiger charge is 2.27. The molecule has 0 aliphatic carbocycles. The van der Waals surface area contributed by atoms with E-state index in [1.54, 1.807) is 18.2 Å². The first-order valence-electron chi connectivity index (χ1n) is 7.46. The summed E-state index contributed by atoms with van der Waals surface area (Å²) in [6.07, 6.45) is -3.00. The molecule has 0 aliphatic rings. The molecule has 1 aromatic heterocycles. The Bertz CT molecular complexity index is 1130. The molecule has 0 atom stereocenters. The van der Waals surface area contributed by atoms with Crippen LogP contribution in [0.4, 0.5) is 13.2 Å². The smallest absolute Gasteiger partial charge is 0.298 e. The number of alkyl halides is 2. The number of halogens is 4. The van der Waals surface area contributed by atoms with Gasteiger partial charge in [-0.15, -0.1) is 0 Å². The number of hydrogen-bond donors (Lipinski definition) is 1. The summed E-state index contributed by atoms with van der Waals surface area (Å²) in [7, 11) is -4.29. The van der Waals surface area contributed by atoms with Crippen LogP contribution in [0.15, 0.2) is 50.3 Å². The quantitative estimate of drug-likeness (QED) is 0.605. The number of nitrogens with zero attached hydrogens (tertiary/aromatic N) is 1. The van der Waals surface area contributed by atoms with Crippen molar-refractivity contribution in [2.24, 2.45) is 5.14 Å². The Kier molecular flexibility index (Phi) is 5.15. The summed E-state index contributed by atoms with van der Waals surface area (Å²) in [4.78, 5) is -0.735. The van der Waals surface area contributed by atoms with Crippen LogP contribution in [0.25, 0.3) is 22.4 Å². The predicted molar refractivity (Wildman–Crippen MR) is 96.1 cm³/mol. The van der Waals surface area contributed by atoms with Crippen LogP contribution in [-0.2, 0) is 10.0 Å². The second kappa shape index (κ2) is 7.10. The van der Waals surface area contributed by atoms with Crippen LogP contribution < -0.4 is 5.14 Å². The van der Waals surface area contributed by atoms with Gasteiger partial charge in [-0.1, -0.05) is 39.3 Å². The van der Waals surface area contributed by atoms with Crippen molar-refractivity contribution in [3.05, 3.63) is 58.0 Å². The van der Waals surface area contributed by atoms with Crippen molar-refractivity contribution in [2.75, 3.05) is 0 Å². The second-order valence-corrected chi connectivity index (χ2v) is 8.11. The van der Waals surface area contributed by atoms with Crippen molar-refractivity contribution in [1.82, 2.24) is 5.16 Å². The van der Waals surface area contributed by atoms with Gasteiger partial charge in [0.2, 0.25) is 15.8 Å². The van der Waals surface area contributed by atoms with Crippen molar-refractivity contribution in [3.8, 4) is 22.4 Å². The molecule has 0 bridgehead atoms. The van der Waals surface area contributed by atoms with Crippen molar-refractivity contribution < 1.29 is 26.1 Å². The minimum Gasteiger partial charge on any atom is -0.354 e. The fourth-order valence-corrected chi connectivity index (χ4v) is 3.52. The number of aryl methyl sites for hydroxylation is 1. The van der Waals surface area contributed by atoms with Crippen LogP contribution in [-0.4, -0.2) is 13.6 Å². The van der Waals surface area contributed by atoms with Crippen LogP contribution in [0.2, 0.25) is 0 Å². The van der Waals surface area contributed by atoms with E-state index in [9.17, 15) is 21.6 Å². The molecule has 0 radical (unpaired) electrons. The Hall–Kier alpha value is -2.17. The van der Waals surface area contributed by atoms with E-state index in [1.165, 1.54) is 6.07 Å². The number of nitrogens with two attached hydrogens (primary N) is 1. The lowest BCUT2D eigenvalue weighted by atomic mass is 9.98. The average molecular weight is 461 g/mol. The third kappa shape index (κ3) is 3.78. The average Bonchev–Trinajstić information content (AvgIpc) is 3.01. The summed E-state index contributed by atoms with van der Waals surface area (Å²) in [5, 5.41) is 8.65. The Morgan fingerprint density at radius 2 is 1.81 bits per heavy atom. The minimum atomic E-state index is -4.29. The Balaban J connectivity index is 2.24. The van der Waals surface area contributed by atoms with Crippen molar-refractivity contribution >= 4 is 26.0 Å². The predicted octanol–water partition coefficient (Wildman–Crippen LogP) is 4.80. The van der Waals surface area contributed by atoms with E-state index in [0.29, 0.717) is 5.56 Å². The Labute approximate surface area is 161 Å². The van der Waals surface area contributed by atoms with E-state index in [4.69, 9.17) is 9.66 Å². The van der Waals surface area contributed by atoms with Crippen LogP contribution in [0, 0.1) is 12.7 Å². The topological polar surface area (TPSA) is 86.2 Å². The highest BCUT2D eigenvalue weighted by atomic mass is 79.9. The molecule has 0 saturated carbocycles. The summed E-state index contributed by atoms with van der Waals surface area (Å²) < 4.78 is 69.3. The van der Waals surface area contributed by atoms with Gasteiger partial charge in [-0.2, -0.15) is 0 Å². The molecular formula is C17H12BrF3N2O3S. The summed E-state index contributed by atoms with van der Waals surface area (Å²) in [6.45, 7) is 1.85. The number of sulfonamides is 1. The molecule has 5 nitrogen and oxygen atoms in total. The van der Waals surface area contributed by atoms with Crippen molar-refractivity contribution in [1.29, 1.82) is 0 Å².